The molecule has 16 heteroatoms. The van der Waals surface area contributed by atoms with Crippen LogP contribution in [0.25, 0.3) is 32.6 Å². The number of anilines is 1. The van der Waals surface area contributed by atoms with Crippen LogP contribution >= 0.6 is 0 Å². The molecule has 0 unspecified atom stereocenters. The van der Waals surface area contributed by atoms with Gasteiger partial charge in [0.05, 0.1) is 17.1 Å². The lowest BCUT2D eigenvalue weighted by molar-refractivity contribution is -0.134. The number of aromatic carboxylic acids is 1. The molecule has 5 aromatic carbocycles. The lowest BCUT2D eigenvalue weighted by Crippen LogP contribution is -2.59. The minimum Gasteiger partial charge on any atom is -0.478 e. The number of rotatable bonds is 23. The molecule has 0 saturated heterocycles. The van der Waals surface area contributed by atoms with Gasteiger partial charge in [0.15, 0.2) is 0 Å². The maximum absolute atomic E-state index is 14.7. The van der Waals surface area contributed by atoms with Gasteiger partial charge in [-0.1, -0.05) is 91.0 Å². The van der Waals surface area contributed by atoms with Crippen LogP contribution in [-0.2, 0) is 43.2 Å². The third-order valence-corrected chi connectivity index (χ3v) is 12.1. The van der Waals surface area contributed by atoms with Crippen molar-refractivity contribution in [1.29, 1.82) is 0 Å². The number of para-hydroxylation sites is 1. The summed E-state index contributed by atoms with van der Waals surface area (Å²) in [6, 6.07) is 33.3. The quantitative estimate of drug-likeness (QED) is 0.0386. The first kappa shape index (κ1) is 48.8. The first-order valence-corrected chi connectivity index (χ1v) is 23.0. The van der Waals surface area contributed by atoms with Crippen LogP contribution in [0.1, 0.15) is 59.7 Å². The number of nitrogens with two attached hydrogens (primary N) is 2. The van der Waals surface area contributed by atoms with Crippen molar-refractivity contribution in [3.63, 3.8) is 0 Å². The number of carbonyl (C=O) groups is 6. The molecule has 0 aliphatic heterocycles. The average Bonchev–Trinajstić information content (AvgIpc) is 3.76. The van der Waals surface area contributed by atoms with Gasteiger partial charge in [-0.3, -0.25) is 24.0 Å². The number of H-pyrrole nitrogens is 1. The normalized spacial score (nSPS) is 13.4. The highest BCUT2D eigenvalue weighted by molar-refractivity contribution is 5.97. The number of carboxylic acids is 1. The van der Waals surface area contributed by atoms with Crippen molar-refractivity contribution in [2.75, 3.05) is 11.9 Å². The molecular weight excluding hydrogens is 875 g/mol. The number of benzene rings is 5. The van der Waals surface area contributed by atoms with E-state index in [1.165, 1.54) is 13.0 Å². The number of aromatic amines is 1. The summed E-state index contributed by atoms with van der Waals surface area (Å²) in [5.41, 5.74) is 15.8. The van der Waals surface area contributed by atoms with Gasteiger partial charge in [-0.05, 0) is 103 Å². The van der Waals surface area contributed by atoms with Gasteiger partial charge < -0.3 is 48.1 Å². The van der Waals surface area contributed by atoms with Crippen LogP contribution in [0.2, 0.25) is 0 Å². The SMILES string of the molecule is C[C@@H](N)C(=O)N[C@H](Cc1ccc2ccccc2c1)C(=O)N[C@@H](Cc1c[nH]c2ccccc12)C(=O)N[C@H](CCc1ccccc1)C(=O)N[C@@H](CCCCNc1ccc2cc(C(=O)O)ccc2n1)C(N)=O. The molecule has 5 amide bonds. The van der Waals surface area contributed by atoms with Gasteiger partial charge in [0.2, 0.25) is 29.5 Å². The van der Waals surface area contributed by atoms with Crippen LogP contribution < -0.4 is 38.1 Å². The second-order valence-electron chi connectivity index (χ2n) is 17.2. The molecule has 356 valence electrons. The largest absolute Gasteiger partial charge is 0.478 e. The molecule has 0 radical (unpaired) electrons. The lowest BCUT2D eigenvalue weighted by atomic mass is 9.99. The number of aryl methyl sites for hydroxylation is 1. The van der Waals surface area contributed by atoms with E-state index in [0.717, 1.165) is 38.4 Å². The maximum atomic E-state index is 14.7. The van der Waals surface area contributed by atoms with E-state index in [-0.39, 0.29) is 31.2 Å². The van der Waals surface area contributed by atoms with E-state index < -0.39 is 65.7 Å². The van der Waals surface area contributed by atoms with Crippen LogP contribution in [0.4, 0.5) is 5.82 Å². The average molecular weight is 932 g/mol. The molecule has 0 spiro atoms. The van der Waals surface area contributed by atoms with E-state index in [9.17, 15) is 33.9 Å². The first-order chi connectivity index (χ1) is 33.3. The van der Waals surface area contributed by atoms with E-state index in [2.05, 4.69) is 36.6 Å². The Hall–Kier alpha value is -8.11. The van der Waals surface area contributed by atoms with E-state index >= 15 is 0 Å². The standard InChI is InChI=1S/C53H57N9O7/c1-32(54)49(64)61-45(28-34-18-20-35-13-5-6-14-36(35)27-34)51(66)62-46(30-39-31-57-42-16-8-7-15-40(39)42)52(67)60-44(23-19-33-11-3-2-4-12-33)50(65)59-43(48(55)63)17-9-10-26-56-47-25-22-37-29-38(53(68)69)21-24-41(37)58-47/h2-8,11-16,18,20-22,24-25,27,29,31-32,43-46,57H,9-10,17,19,23,26,28,30,54H2,1H3,(H2,55,63)(H,56,58)(H,59,65)(H,60,67)(H,61,64)(H,62,66)(H,68,69)/t32-,43+,44-,45-,46+/m1/s1. The molecule has 0 fully saturated rings. The van der Waals surface area contributed by atoms with Crippen molar-refractivity contribution in [1.82, 2.24) is 31.2 Å². The number of carbonyl (C=O) groups excluding carboxylic acids is 5. The van der Waals surface area contributed by atoms with Crippen molar-refractivity contribution >= 4 is 73.9 Å². The Balaban J connectivity index is 1.07. The van der Waals surface area contributed by atoms with Crippen LogP contribution in [-0.4, -0.2) is 87.3 Å². The minimum atomic E-state index is -1.23. The minimum absolute atomic E-state index is 0.0247. The number of unbranched alkanes of at least 4 members (excludes halogenated alkanes) is 1. The first-order valence-electron chi connectivity index (χ1n) is 23.0. The smallest absolute Gasteiger partial charge is 0.335 e. The highest BCUT2D eigenvalue weighted by Crippen LogP contribution is 2.22. The molecule has 69 heavy (non-hydrogen) atoms. The van der Waals surface area contributed by atoms with Gasteiger partial charge in [0.1, 0.15) is 30.0 Å². The highest BCUT2D eigenvalue weighted by atomic mass is 16.4. The number of pyridine rings is 1. The number of carboxylic acid groups (broad SMARTS) is 1. The zero-order chi connectivity index (χ0) is 48.9. The number of fused-ring (bicyclic) bond motifs is 3. The molecule has 2 heterocycles. The maximum Gasteiger partial charge on any atom is 0.335 e. The van der Waals surface area contributed by atoms with Crippen LogP contribution in [0.5, 0.6) is 0 Å². The molecule has 7 rings (SSSR count). The number of nitrogens with zero attached hydrogens (tertiary/aromatic N) is 1. The fourth-order valence-corrected chi connectivity index (χ4v) is 8.22. The van der Waals surface area contributed by atoms with E-state index in [1.807, 2.05) is 97.1 Å². The number of aromatic nitrogens is 2. The zero-order valence-electron chi connectivity index (χ0n) is 38.2. The molecule has 16 nitrogen and oxygen atoms in total. The summed E-state index contributed by atoms with van der Waals surface area (Å²) < 4.78 is 0. The van der Waals surface area contributed by atoms with Crippen LogP contribution in [0.3, 0.4) is 0 Å². The van der Waals surface area contributed by atoms with E-state index in [4.69, 9.17) is 11.5 Å². The summed E-state index contributed by atoms with van der Waals surface area (Å²) in [5, 5.41) is 27.4. The molecule has 11 N–H and O–H groups in total. The predicted molar refractivity (Wildman–Crippen MR) is 266 cm³/mol. The lowest BCUT2D eigenvalue weighted by Gasteiger charge is -2.27. The number of amides is 5. The Kier molecular flexibility index (Phi) is 16.3. The van der Waals surface area contributed by atoms with Crippen LogP contribution in [0, 0.1) is 0 Å². The Labute approximate surface area is 399 Å². The van der Waals surface area contributed by atoms with E-state index in [0.29, 0.717) is 42.5 Å². The number of hydrogen-bond donors (Lipinski definition) is 9. The molecule has 0 saturated carbocycles. The molecule has 0 bridgehead atoms. The Bertz CT molecular complexity index is 2960. The van der Waals surface area contributed by atoms with Crippen molar-refractivity contribution in [2.45, 2.75) is 82.1 Å². The molecule has 5 atom stereocenters. The Morgan fingerprint density at radius 1 is 0.623 bits per heavy atom. The van der Waals surface area contributed by atoms with E-state index in [1.54, 1.807) is 30.5 Å². The van der Waals surface area contributed by atoms with Gasteiger partial charge in [0.25, 0.3) is 0 Å². The molecule has 7 aromatic rings. The number of primary amides is 1. The second-order valence-corrected chi connectivity index (χ2v) is 17.2. The van der Waals surface area contributed by atoms with Gasteiger partial charge in [0, 0.05) is 41.9 Å². The van der Waals surface area contributed by atoms with Gasteiger partial charge in [-0.15, -0.1) is 0 Å². The fourth-order valence-electron chi connectivity index (χ4n) is 8.22. The zero-order valence-corrected chi connectivity index (χ0v) is 38.2. The van der Waals surface area contributed by atoms with Gasteiger partial charge in [-0.2, -0.15) is 0 Å². The van der Waals surface area contributed by atoms with Crippen LogP contribution in [0.15, 0.2) is 134 Å². The summed E-state index contributed by atoms with van der Waals surface area (Å²) in [6.07, 6.45) is 3.74. The third-order valence-electron chi connectivity index (χ3n) is 12.1. The highest BCUT2D eigenvalue weighted by Gasteiger charge is 2.32. The molecule has 2 aromatic heterocycles. The van der Waals surface area contributed by atoms with Crippen molar-refractivity contribution < 1.29 is 33.9 Å². The Morgan fingerprint density at radius 3 is 2.03 bits per heavy atom. The summed E-state index contributed by atoms with van der Waals surface area (Å²) in [6.45, 7) is 2.00. The third kappa shape index (κ3) is 13.3. The topological polar surface area (TPSA) is 264 Å². The molecule has 0 aliphatic rings. The Morgan fingerprint density at radius 2 is 1.28 bits per heavy atom. The number of hydrogen-bond acceptors (Lipinski definition) is 9. The summed E-state index contributed by atoms with van der Waals surface area (Å²) >= 11 is 0. The monoisotopic (exact) mass is 931 g/mol. The summed E-state index contributed by atoms with van der Waals surface area (Å²) in [4.78, 5) is 88.3. The fraction of sp³-hybridized carbons (Fsp3) is 0.264. The van der Waals surface area contributed by atoms with Crippen molar-refractivity contribution in [2.24, 2.45) is 11.5 Å². The number of nitrogens with one attached hydrogen (secondary N) is 6. The van der Waals surface area contributed by atoms with Gasteiger partial charge >= 0.3 is 5.97 Å². The molecular formula is C53H57N9O7. The summed E-state index contributed by atoms with van der Waals surface area (Å²) in [7, 11) is 0. The molecule has 0 aliphatic carbocycles. The predicted octanol–water partition coefficient (Wildman–Crippen LogP) is 5.04. The summed E-state index contributed by atoms with van der Waals surface area (Å²) in [5.74, 6) is -3.62. The van der Waals surface area contributed by atoms with Crippen molar-refractivity contribution in [3.05, 3.63) is 156 Å². The van der Waals surface area contributed by atoms with Gasteiger partial charge in [-0.25, -0.2) is 9.78 Å². The van der Waals surface area contributed by atoms with Crippen molar-refractivity contribution in [3.8, 4) is 0 Å². The second kappa shape index (κ2) is 23.1.